The summed E-state index contributed by atoms with van der Waals surface area (Å²) in [6.07, 6.45) is 0.817. The fourth-order valence-corrected chi connectivity index (χ4v) is 3.01. The van der Waals surface area contributed by atoms with Crippen LogP contribution in [0.5, 0.6) is 5.75 Å². The van der Waals surface area contributed by atoms with Crippen molar-refractivity contribution in [1.82, 2.24) is 10.3 Å². The molecule has 29 heavy (non-hydrogen) atoms. The van der Waals surface area contributed by atoms with Crippen LogP contribution in [-0.2, 0) is 4.79 Å². The second-order valence-corrected chi connectivity index (χ2v) is 8.55. The standard InChI is InChI=1S/C21H22ClN3O3S/c1-21(2,22)11-10-18(26)25-20(29)24-15-12-13(8-9-16(15)27-3)19-23-14-6-4-5-7-17(14)28-19/h4-9,12H,10-11H2,1-3H3,(H2,24,25,26,29). The number of aromatic nitrogens is 1. The van der Waals surface area contributed by atoms with Gasteiger partial charge in [-0.1, -0.05) is 12.1 Å². The Bertz CT molecular complexity index is 1010. The molecule has 0 aliphatic heterocycles. The lowest BCUT2D eigenvalue weighted by molar-refractivity contribution is -0.119. The van der Waals surface area contributed by atoms with Gasteiger partial charge in [0.1, 0.15) is 11.3 Å². The zero-order valence-corrected chi connectivity index (χ0v) is 18.0. The van der Waals surface area contributed by atoms with E-state index in [1.54, 1.807) is 13.2 Å². The van der Waals surface area contributed by atoms with Crippen LogP contribution in [0.15, 0.2) is 46.9 Å². The molecule has 0 unspecified atom stereocenters. The highest BCUT2D eigenvalue weighted by Crippen LogP contribution is 2.31. The van der Waals surface area contributed by atoms with Gasteiger partial charge in [0.25, 0.3) is 0 Å². The molecule has 0 atom stereocenters. The molecule has 0 radical (unpaired) electrons. The van der Waals surface area contributed by atoms with Gasteiger partial charge in [0, 0.05) is 16.9 Å². The van der Waals surface area contributed by atoms with E-state index < -0.39 is 4.87 Å². The molecule has 0 aliphatic carbocycles. The zero-order chi connectivity index (χ0) is 21.0. The Morgan fingerprint density at radius 2 is 2.03 bits per heavy atom. The first-order valence-electron chi connectivity index (χ1n) is 9.09. The van der Waals surface area contributed by atoms with Crippen LogP contribution in [-0.4, -0.2) is 28.0 Å². The number of methoxy groups -OCH3 is 1. The van der Waals surface area contributed by atoms with Crippen LogP contribution in [0.3, 0.4) is 0 Å². The molecule has 2 aromatic carbocycles. The Kier molecular flexibility index (Phi) is 6.39. The number of carbonyl (C=O) groups excluding carboxylic acids is 1. The lowest BCUT2D eigenvalue weighted by Crippen LogP contribution is -2.34. The number of fused-ring (bicyclic) bond motifs is 1. The van der Waals surface area contributed by atoms with Gasteiger partial charge in [-0.2, -0.15) is 0 Å². The van der Waals surface area contributed by atoms with Crippen LogP contribution < -0.4 is 15.4 Å². The number of benzene rings is 2. The molecular weight excluding hydrogens is 410 g/mol. The molecule has 1 heterocycles. The van der Waals surface area contributed by atoms with Crippen molar-refractivity contribution in [2.24, 2.45) is 0 Å². The molecule has 6 nitrogen and oxygen atoms in total. The molecule has 1 amide bonds. The smallest absolute Gasteiger partial charge is 0.227 e. The number of hydrogen-bond donors (Lipinski definition) is 2. The first-order valence-corrected chi connectivity index (χ1v) is 9.87. The molecule has 2 N–H and O–H groups in total. The number of amides is 1. The topological polar surface area (TPSA) is 76.4 Å². The number of para-hydroxylation sites is 2. The number of ether oxygens (including phenoxy) is 1. The largest absolute Gasteiger partial charge is 0.495 e. The average molecular weight is 432 g/mol. The highest BCUT2D eigenvalue weighted by atomic mass is 35.5. The molecule has 3 rings (SSSR count). The normalized spacial score (nSPS) is 11.3. The molecular formula is C21H22ClN3O3S. The van der Waals surface area contributed by atoms with Gasteiger partial charge in [-0.15, -0.1) is 11.6 Å². The summed E-state index contributed by atoms with van der Waals surface area (Å²) in [5.74, 6) is 0.852. The zero-order valence-electron chi connectivity index (χ0n) is 16.4. The maximum Gasteiger partial charge on any atom is 0.227 e. The summed E-state index contributed by atoms with van der Waals surface area (Å²) < 4.78 is 11.2. The molecule has 0 spiro atoms. The average Bonchev–Trinajstić information content (AvgIpc) is 3.10. The van der Waals surface area contributed by atoms with E-state index in [9.17, 15) is 4.79 Å². The highest BCUT2D eigenvalue weighted by Gasteiger charge is 2.17. The van der Waals surface area contributed by atoms with Gasteiger partial charge in [-0.3, -0.25) is 4.79 Å². The summed E-state index contributed by atoms with van der Waals surface area (Å²) in [7, 11) is 1.56. The summed E-state index contributed by atoms with van der Waals surface area (Å²) in [5.41, 5.74) is 2.83. The maximum atomic E-state index is 12.1. The summed E-state index contributed by atoms with van der Waals surface area (Å²) in [6.45, 7) is 3.72. The third-order valence-electron chi connectivity index (χ3n) is 4.19. The first-order chi connectivity index (χ1) is 13.7. The lowest BCUT2D eigenvalue weighted by atomic mass is 10.1. The number of alkyl halides is 1. The van der Waals surface area contributed by atoms with Crippen molar-refractivity contribution >= 4 is 51.6 Å². The van der Waals surface area contributed by atoms with Crippen molar-refractivity contribution in [1.29, 1.82) is 0 Å². The van der Waals surface area contributed by atoms with Gasteiger partial charge in [0.2, 0.25) is 11.8 Å². The van der Waals surface area contributed by atoms with E-state index in [4.69, 9.17) is 33.0 Å². The van der Waals surface area contributed by atoms with E-state index in [2.05, 4.69) is 15.6 Å². The van der Waals surface area contributed by atoms with E-state index in [1.165, 1.54) is 0 Å². The van der Waals surface area contributed by atoms with Crippen molar-refractivity contribution < 1.29 is 13.9 Å². The first kappa shape index (κ1) is 21.1. The Labute approximate surface area is 179 Å². The number of anilines is 1. The minimum Gasteiger partial charge on any atom is -0.495 e. The van der Waals surface area contributed by atoms with Crippen LogP contribution >= 0.6 is 23.8 Å². The van der Waals surface area contributed by atoms with Gasteiger partial charge in [-0.25, -0.2) is 4.98 Å². The summed E-state index contributed by atoms with van der Waals surface area (Å²) in [6, 6.07) is 13.0. The number of nitrogens with zero attached hydrogens (tertiary/aromatic N) is 1. The molecule has 8 heteroatoms. The van der Waals surface area contributed by atoms with E-state index in [1.807, 2.05) is 50.2 Å². The number of rotatable bonds is 6. The lowest BCUT2D eigenvalue weighted by Gasteiger charge is -2.16. The van der Waals surface area contributed by atoms with E-state index in [0.29, 0.717) is 29.3 Å². The summed E-state index contributed by atoms with van der Waals surface area (Å²) in [5, 5.41) is 5.84. The van der Waals surface area contributed by atoms with Gasteiger partial charge < -0.3 is 19.8 Å². The number of thiocarbonyl (C=S) groups is 1. The monoisotopic (exact) mass is 431 g/mol. The quantitative estimate of drug-likeness (QED) is 0.417. The minimum absolute atomic E-state index is 0.176. The number of hydrogen-bond acceptors (Lipinski definition) is 5. The Hall–Kier alpha value is -2.64. The number of carbonyl (C=O) groups is 1. The van der Waals surface area contributed by atoms with Gasteiger partial charge in [0.05, 0.1) is 12.8 Å². The van der Waals surface area contributed by atoms with Crippen LogP contribution in [0.2, 0.25) is 0 Å². The van der Waals surface area contributed by atoms with Crippen molar-refractivity contribution in [2.45, 2.75) is 31.6 Å². The predicted molar refractivity (Wildman–Crippen MR) is 120 cm³/mol. The fourth-order valence-electron chi connectivity index (χ4n) is 2.69. The molecule has 0 saturated heterocycles. The highest BCUT2D eigenvalue weighted by molar-refractivity contribution is 7.80. The maximum absolute atomic E-state index is 12.1. The molecule has 3 aromatic rings. The van der Waals surface area contributed by atoms with Crippen LogP contribution in [0.4, 0.5) is 5.69 Å². The molecule has 0 aliphatic rings. The molecule has 152 valence electrons. The van der Waals surface area contributed by atoms with E-state index >= 15 is 0 Å². The Morgan fingerprint density at radius 1 is 1.28 bits per heavy atom. The Balaban J connectivity index is 1.75. The summed E-state index contributed by atoms with van der Waals surface area (Å²) in [4.78, 5) is 16.1. The number of nitrogens with one attached hydrogen (secondary N) is 2. The van der Waals surface area contributed by atoms with Crippen molar-refractivity contribution in [2.75, 3.05) is 12.4 Å². The SMILES string of the molecule is COc1ccc(-c2nc3ccccc3o2)cc1NC(=S)NC(=O)CCC(C)(C)Cl. The molecule has 0 saturated carbocycles. The van der Waals surface area contributed by atoms with Crippen LogP contribution in [0.25, 0.3) is 22.6 Å². The molecule has 0 fully saturated rings. The Morgan fingerprint density at radius 3 is 2.72 bits per heavy atom. The molecule has 0 bridgehead atoms. The second-order valence-electron chi connectivity index (χ2n) is 7.12. The van der Waals surface area contributed by atoms with Crippen molar-refractivity contribution in [3.63, 3.8) is 0 Å². The number of halogens is 1. The molecule has 1 aromatic heterocycles. The van der Waals surface area contributed by atoms with Gasteiger partial charge in [-0.05, 0) is 62.8 Å². The third kappa shape index (κ3) is 5.68. The van der Waals surface area contributed by atoms with Crippen LogP contribution in [0.1, 0.15) is 26.7 Å². The van der Waals surface area contributed by atoms with Crippen LogP contribution in [0, 0.1) is 0 Å². The van der Waals surface area contributed by atoms with Gasteiger partial charge in [0.15, 0.2) is 10.7 Å². The summed E-state index contributed by atoms with van der Waals surface area (Å²) >= 11 is 11.4. The second kappa shape index (κ2) is 8.80. The minimum atomic E-state index is -0.441. The van der Waals surface area contributed by atoms with E-state index in [-0.39, 0.29) is 17.4 Å². The van der Waals surface area contributed by atoms with E-state index in [0.717, 1.165) is 11.1 Å². The fraction of sp³-hybridized carbons (Fsp3) is 0.286. The number of oxazole rings is 1. The third-order valence-corrected chi connectivity index (χ3v) is 4.58. The predicted octanol–water partition coefficient (Wildman–Crippen LogP) is 5.11. The van der Waals surface area contributed by atoms with Crippen molar-refractivity contribution in [3.05, 3.63) is 42.5 Å². The van der Waals surface area contributed by atoms with Gasteiger partial charge >= 0.3 is 0 Å². The van der Waals surface area contributed by atoms with Crippen molar-refractivity contribution in [3.8, 4) is 17.2 Å².